The smallest absolute Gasteiger partial charge is 0.162 e. The molecule has 4 nitrogen and oxygen atoms in total. The number of hydrogen-bond donors (Lipinski definition) is 2. The zero-order valence-corrected chi connectivity index (χ0v) is 11.2. The van der Waals surface area contributed by atoms with E-state index in [1.165, 1.54) is 16.5 Å². The van der Waals surface area contributed by atoms with Gasteiger partial charge in [-0.1, -0.05) is 6.08 Å². The molecule has 19 heavy (non-hydrogen) atoms. The maximum Gasteiger partial charge on any atom is 0.162 e. The Morgan fingerprint density at radius 2 is 1.89 bits per heavy atom. The van der Waals surface area contributed by atoms with E-state index in [0.717, 1.165) is 36.5 Å². The predicted molar refractivity (Wildman–Crippen MR) is 76.9 cm³/mol. The third kappa shape index (κ3) is 2.08. The Labute approximate surface area is 112 Å². The Morgan fingerprint density at radius 3 is 2.58 bits per heavy atom. The van der Waals surface area contributed by atoms with E-state index in [4.69, 9.17) is 9.47 Å². The molecular formula is C15H18N2O2. The first-order chi connectivity index (χ1) is 9.33. The molecule has 2 N–H and O–H groups in total. The van der Waals surface area contributed by atoms with Crippen LogP contribution in [0.15, 0.2) is 24.4 Å². The van der Waals surface area contributed by atoms with E-state index in [1.54, 1.807) is 14.2 Å². The minimum absolute atomic E-state index is 0.752. The Morgan fingerprint density at radius 1 is 1.11 bits per heavy atom. The fraction of sp³-hybridized carbons (Fsp3) is 0.333. The molecule has 1 aliphatic rings. The molecule has 0 fully saturated rings. The van der Waals surface area contributed by atoms with Gasteiger partial charge in [-0.3, -0.25) is 0 Å². The third-order valence-electron chi connectivity index (χ3n) is 3.60. The van der Waals surface area contributed by atoms with E-state index in [9.17, 15) is 0 Å². The van der Waals surface area contributed by atoms with E-state index in [2.05, 4.69) is 22.6 Å². The van der Waals surface area contributed by atoms with Gasteiger partial charge >= 0.3 is 0 Å². The minimum Gasteiger partial charge on any atom is -0.493 e. The Hall–Kier alpha value is -1.94. The number of benzene rings is 1. The lowest BCUT2D eigenvalue weighted by molar-refractivity contribution is 0.356. The molecule has 0 saturated heterocycles. The van der Waals surface area contributed by atoms with Crippen molar-refractivity contribution in [2.24, 2.45) is 0 Å². The summed E-state index contributed by atoms with van der Waals surface area (Å²) in [5, 5.41) is 4.52. The van der Waals surface area contributed by atoms with Gasteiger partial charge in [-0.15, -0.1) is 0 Å². The first-order valence-corrected chi connectivity index (χ1v) is 6.46. The summed E-state index contributed by atoms with van der Waals surface area (Å²) in [4.78, 5) is 3.31. The molecular weight excluding hydrogens is 240 g/mol. The number of methoxy groups -OCH3 is 2. The topological polar surface area (TPSA) is 46.3 Å². The van der Waals surface area contributed by atoms with Gasteiger partial charge in [-0.05, 0) is 24.6 Å². The van der Waals surface area contributed by atoms with E-state index in [-0.39, 0.29) is 0 Å². The average molecular weight is 258 g/mol. The number of aromatic amines is 1. The second kappa shape index (κ2) is 4.97. The number of aromatic nitrogens is 1. The highest BCUT2D eigenvalue weighted by Crippen LogP contribution is 2.36. The fourth-order valence-electron chi connectivity index (χ4n) is 2.58. The zero-order valence-electron chi connectivity index (χ0n) is 11.2. The molecule has 2 heterocycles. The highest BCUT2D eigenvalue weighted by molar-refractivity contribution is 5.94. The lowest BCUT2D eigenvalue weighted by Gasteiger charge is -2.14. The summed E-state index contributed by atoms with van der Waals surface area (Å²) >= 11 is 0. The van der Waals surface area contributed by atoms with Crippen LogP contribution in [0.5, 0.6) is 11.5 Å². The largest absolute Gasteiger partial charge is 0.493 e. The van der Waals surface area contributed by atoms with Gasteiger partial charge in [-0.2, -0.15) is 0 Å². The SMILES string of the molecule is COc1cc2[nH]cc(C3=CCNCC3)c2cc1OC. The molecule has 0 bridgehead atoms. The predicted octanol–water partition coefficient (Wildman–Crippen LogP) is 2.56. The number of ether oxygens (including phenoxy) is 2. The first kappa shape index (κ1) is 12.1. The molecule has 0 radical (unpaired) electrons. The van der Waals surface area contributed by atoms with Crippen LogP contribution in [0.4, 0.5) is 0 Å². The number of hydrogen-bond acceptors (Lipinski definition) is 3. The van der Waals surface area contributed by atoms with Crippen molar-refractivity contribution >= 4 is 16.5 Å². The maximum atomic E-state index is 5.39. The summed E-state index contributed by atoms with van der Waals surface area (Å²) in [7, 11) is 3.32. The fourth-order valence-corrected chi connectivity index (χ4v) is 2.58. The van der Waals surface area contributed by atoms with E-state index in [0.29, 0.717) is 0 Å². The number of H-pyrrole nitrogens is 1. The van der Waals surface area contributed by atoms with Crippen molar-refractivity contribution in [2.75, 3.05) is 27.3 Å². The highest BCUT2D eigenvalue weighted by Gasteiger charge is 2.14. The van der Waals surface area contributed by atoms with Gasteiger partial charge in [0.1, 0.15) is 0 Å². The average Bonchev–Trinajstić information content (AvgIpc) is 2.89. The van der Waals surface area contributed by atoms with Gasteiger partial charge in [-0.25, -0.2) is 0 Å². The normalized spacial score (nSPS) is 15.4. The van der Waals surface area contributed by atoms with E-state index >= 15 is 0 Å². The molecule has 4 heteroatoms. The van der Waals surface area contributed by atoms with Crippen LogP contribution in [0, 0.1) is 0 Å². The molecule has 0 saturated carbocycles. The van der Waals surface area contributed by atoms with Crippen LogP contribution in [0.3, 0.4) is 0 Å². The van der Waals surface area contributed by atoms with Crippen LogP contribution in [0.1, 0.15) is 12.0 Å². The Balaban J connectivity index is 2.14. The monoisotopic (exact) mass is 258 g/mol. The van der Waals surface area contributed by atoms with Crippen LogP contribution in [0.2, 0.25) is 0 Å². The highest BCUT2D eigenvalue weighted by atomic mass is 16.5. The Kier molecular flexibility index (Phi) is 3.17. The number of nitrogens with one attached hydrogen (secondary N) is 2. The first-order valence-electron chi connectivity index (χ1n) is 6.46. The van der Waals surface area contributed by atoms with Crippen LogP contribution in [-0.4, -0.2) is 32.3 Å². The molecule has 0 atom stereocenters. The van der Waals surface area contributed by atoms with Crippen LogP contribution >= 0.6 is 0 Å². The second-order valence-electron chi connectivity index (χ2n) is 4.64. The van der Waals surface area contributed by atoms with Gasteiger partial charge in [0.05, 0.1) is 14.2 Å². The van der Waals surface area contributed by atoms with Gasteiger partial charge in [0.2, 0.25) is 0 Å². The Bertz CT molecular complexity index is 628. The summed E-state index contributed by atoms with van der Waals surface area (Å²) in [6.45, 7) is 1.97. The summed E-state index contributed by atoms with van der Waals surface area (Å²) in [5.41, 5.74) is 3.72. The van der Waals surface area contributed by atoms with Crippen molar-refractivity contribution in [2.45, 2.75) is 6.42 Å². The van der Waals surface area contributed by atoms with Gasteiger partial charge in [0.15, 0.2) is 11.5 Å². The maximum absolute atomic E-state index is 5.39. The molecule has 3 rings (SSSR count). The molecule has 0 unspecified atom stereocenters. The minimum atomic E-state index is 0.752. The molecule has 100 valence electrons. The van der Waals surface area contributed by atoms with Gasteiger partial charge in [0.25, 0.3) is 0 Å². The van der Waals surface area contributed by atoms with E-state index < -0.39 is 0 Å². The summed E-state index contributed by atoms with van der Waals surface area (Å²) in [6, 6.07) is 4.03. The van der Waals surface area contributed by atoms with Crippen molar-refractivity contribution in [3.8, 4) is 11.5 Å². The molecule has 1 aromatic heterocycles. The quantitative estimate of drug-likeness (QED) is 0.889. The lowest BCUT2D eigenvalue weighted by Crippen LogP contribution is -2.19. The molecule has 0 amide bonds. The van der Waals surface area contributed by atoms with Crippen LogP contribution in [-0.2, 0) is 0 Å². The van der Waals surface area contributed by atoms with Crippen molar-refractivity contribution < 1.29 is 9.47 Å². The standard InChI is InChI=1S/C15H18N2O2/c1-18-14-7-11-12(10-3-5-16-6-4-10)9-17-13(11)8-15(14)19-2/h3,7-9,16-17H,4-6H2,1-2H3. The van der Waals surface area contributed by atoms with Crippen molar-refractivity contribution in [1.29, 1.82) is 0 Å². The van der Waals surface area contributed by atoms with Gasteiger partial charge in [0, 0.05) is 35.3 Å². The molecule has 0 aliphatic carbocycles. The number of rotatable bonds is 3. The molecule has 1 aromatic carbocycles. The summed E-state index contributed by atoms with van der Waals surface area (Å²) < 4.78 is 10.7. The molecule has 0 spiro atoms. The van der Waals surface area contributed by atoms with Crippen LogP contribution in [0.25, 0.3) is 16.5 Å². The van der Waals surface area contributed by atoms with E-state index in [1.807, 2.05) is 12.1 Å². The third-order valence-corrected chi connectivity index (χ3v) is 3.60. The zero-order chi connectivity index (χ0) is 13.2. The molecule has 2 aromatic rings. The van der Waals surface area contributed by atoms with Gasteiger partial charge < -0.3 is 19.8 Å². The lowest BCUT2D eigenvalue weighted by atomic mass is 9.99. The van der Waals surface area contributed by atoms with Crippen LogP contribution < -0.4 is 14.8 Å². The summed E-state index contributed by atoms with van der Waals surface area (Å²) in [5.74, 6) is 1.52. The number of fused-ring (bicyclic) bond motifs is 1. The van der Waals surface area contributed by atoms with Crippen molar-refractivity contribution in [3.63, 3.8) is 0 Å². The summed E-state index contributed by atoms with van der Waals surface area (Å²) in [6.07, 6.45) is 5.38. The molecule has 1 aliphatic heterocycles. The van der Waals surface area contributed by atoms with Crippen molar-refractivity contribution in [1.82, 2.24) is 10.3 Å². The van der Waals surface area contributed by atoms with Crippen molar-refractivity contribution in [3.05, 3.63) is 30.0 Å². The second-order valence-corrected chi connectivity index (χ2v) is 4.64.